The monoisotopic (exact) mass is 185 g/mol. The van der Waals surface area contributed by atoms with E-state index in [-0.39, 0.29) is 11.9 Å². The third kappa shape index (κ3) is 2.19. The normalized spacial score (nSPS) is 27.0. The van der Waals surface area contributed by atoms with Crippen LogP contribution in [0.1, 0.15) is 20.3 Å². The van der Waals surface area contributed by atoms with Gasteiger partial charge in [0.25, 0.3) is 0 Å². The van der Waals surface area contributed by atoms with E-state index in [1.807, 2.05) is 6.92 Å². The third-order valence-electron chi connectivity index (χ3n) is 2.67. The zero-order valence-corrected chi connectivity index (χ0v) is 8.42. The maximum Gasteiger partial charge on any atom is 0.237 e. The lowest BCUT2D eigenvalue weighted by atomic mass is 10.1. The summed E-state index contributed by atoms with van der Waals surface area (Å²) in [6.07, 6.45) is 0.857. The van der Waals surface area contributed by atoms with E-state index >= 15 is 0 Å². The van der Waals surface area contributed by atoms with Crippen LogP contribution in [-0.4, -0.2) is 42.5 Å². The van der Waals surface area contributed by atoms with Crippen LogP contribution in [0.25, 0.3) is 0 Å². The highest BCUT2D eigenvalue weighted by atomic mass is 16.2. The standard InChI is InChI=1S/C9H19N3O/c1-3-8-9(13)11-4-5-12(8)7(2)6-10/h7-8H,3-6,10H2,1-2H3,(H,11,13). The molecule has 4 nitrogen and oxygen atoms in total. The number of hydrogen-bond donors (Lipinski definition) is 2. The molecule has 13 heavy (non-hydrogen) atoms. The molecule has 1 rings (SSSR count). The molecule has 76 valence electrons. The Morgan fingerprint density at radius 3 is 3.00 bits per heavy atom. The van der Waals surface area contributed by atoms with E-state index in [0.29, 0.717) is 12.6 Å². The molecule has 3 N–H and O–H groups in total. The van der Waals surface area contributed by atoms with Crippen molar-refractivity contribution in [2.45, 2.75) is 32.4 Å². The van der Waals surface area contributed by atoms with Crippen LogP contribution < -0.4 is 11.1 Å². The van der Waals surface area contributed by atoms with Crippen molar-refractivity contribution in [3.8, 4) is 0 Å². The molecule has 0 spiro atoms. The maximum atomic E-state index is 11.5. The Morgan fingerprint density at radius 2 is 2.46 bits per heavy atom. The molecule has 1 fully saturated rings. The summed E-state index contributed by atoms with van der Waals surface area (Å²) in [5.41, 5.74) is 5.59. The number of amides is 1. The summed E-state index contributed by atoms with van der Waals surface area (Å²) in [7, 11) is 0. The molecule has 0 radical (unpaired) electrons. The van der Waals surface area contributed by atoms with Gasteiger partial charge in [-0.15, -0.1) is 0 Å². The van der Waals surface area contributed by atoms with Gasteiger partial charge in [-0.05, 0) is 13.3 Å². The first kappa shape index (κ1) is 10.5. The molecule has 1 aliphatic rings. The summed E-state index contributed by atoms with van der Waals surface area (Å²) in [6, 6.07) is 0.322. The van der Waals surface area contributed by atoms with E-state index in [1.54, 1.807) is 0 Å². The van der Waals surface area contributed by atoms with Crippen LogP contribution >= 0.6 is 0 Å². The van der Waals surface area contributed by atoms with Gasteiger partial charge < -0.3 is 11.1 Å². The number of carbonyl (C=O) groups is 1. The molecule has 2 atom stereocenters. The largest absolute Gasteiger partial charge is 0.353 e. The predicted octanol–water partition coefficient (Wildman–Crippen LogP) is -0.456. The molecule has 0 aliphatic carbocycles. The zero-order chi connectivity index (χ0) is 9.84. The van der Waals surface area contributed by atoms with Gasteiger partial charge in [-0.1, -0.05) is 6.92 Å². The molecule has 0 aromatic heterocycles. The molecular weight excluding hydrogens is 166 g/mol. The summed E-state index contributed by atoms with van der Waals surface area (Å²) in [6.45, 7) is 6.39. The molecule has 1 amide bonds. The van der Waals surface area contributed by atoms with Crippen molar-refractivity contribution in [3.63, 3.8) is 0 Å². The third-order valence-corrected chi connectivity index (χ3v) is 2.67. The lowest BCUT2D eigenvalue weighted by Crippen LogP contribution is -2.58. The molecule has 0 aromatic carbocycles. The van der Waals surface area contributed by atoms with E-state index in [1.165, 1.54) is 0 Å². The fraction of sp³-hybridized carbons (Fsp3) is 0.889. The fourth-order valence-electron chi connectivity index (χ4n) is 1.82. The molecule has 1 aliphatic heterocycles. The molecule has 0 aromatic rings. The quantitative estimate of drug-likeness (QED) is 0.626. The lowest BCUT2D eigenvalue weighted by Gasteiger charge is -2.38. The summed E-state index contributed by atoms with van der Waals surface area (Å²) in [4.78, 5) is 13.7. The van der Waals surface area contributed by atoms with Crippen molar-refractivity contribution >= 4 is 5.91 Å². The number of nitrogens with two attached hydrogens (primary N) is 1. The minimum absolute atomic E-state index is 0.0206. The molecule has 1 heterocycles. The number of rotatable bonds is 3. The van der Waals surface area contributed by atoms with Crippen molar-refractivity contribution in [3.05, 3.63) is 0 Å². The smallest absolute Gasteiger partial charge is 0.237 e. The Hall–Kier alpha value is -0.610. The summed E-state index contributed by atoms with van der Waals surface area (Å²) in [5, 5.41) is 2.87. The van der Waals surface area contributed by atoms with Gasteiger partial charge in [-0.2, -0.15) is 0 Å². The van der Waals surface area contributed by atoms with E-state index < -0.39 is 0 Å². The Labute approximate surface area is 79.5 Å². The van der Waals surface area contributed by atoms with Crippen molar-refractivity contribution in [1.29, 1.82) is 0 Å². The Morgan fingerprint density at radius 1 is 1.77 bits per heavy atom. The van der Waals surface area contributed by atoms with E-state index in [4.69, 9.17) is 5.73 Å². The van der Waals surface area contributed by atoms with Gasteiger partial charge >= 0.3 is 0 Å². The topological polar surface area (TPSA) is 58.4 Å². The highest BCUT2D eigenvalue weighted by Gasteiger charge is 2.30. The van der Waals surface area contributed by atoms with Gasteiger partial charge in [0.05, 0.1) is 6.04 Å². The van der Waals surface area contributed by atoms with Crippen LogP contribution in [0.15, 0.2) is 0 Å². The zero-order valence-electron chi connectivity index (χ0n) is 8.42. The van der Waals surface area contributed by atoms with E-state index in [9.17, 15) is 4.79 Å². The van der Waals surface area contributed by atoms with Crippen LogP contribution in [-0.2, 0) is 4.79 Å². The Balaban J connectivity index is 2.64. The van der Waals surface area contributed by atoms with Gasteiger partial charge in [0.2, 0.25) is 5.91 Å². The summed E-state index contributed by atoms with van der Waals surface area (Å²) < 4.78 is 0. The molecule has 4 heteroatoms. The van der Waals surface area contributed by atoms with Gasteiger partial charge in [-0.3, -0.25) is 9.69 Å². The van der Waals surface area contributed by atoms with Gasteiger partial charge in [-0.25, -0.2) is 0 Å². The first-order chi connectivity index (χ1) is 6.20. The second kappa shape index (κ2) is 4.58. The average molecular weight is 185 g/mol. The number of piperazine rings is 1. The summed E-state index contributed by atoms with van der Waals surface area (Å²) >= 11 is 0. The average Bonchev–Trinajstić information content (AvgIpc) is 2.16. The van der Waals surface area contributed by atoms with Crippen LogP contribution in [0.4, 0.5) is 0 Å². The lowest BCUT2D eigenvalue weighted by molar-refractivity contribution is -0.130. The Bertz CT molecular complexity index is 184. The van der Waals surface area contributed by atoms with Crippen molar-refractivity contribution in [2.75, 3.05) is 19.6 Å². The van der Waals surface area contributed by atoms with Crippen molar-refractivity contribution in [1.82, 2.24) is 10.2 Å². The highest BCUT2D eigenvalue weighted by molar-refractivity contribution is 5.82. The molecular formula is C9H19N3O. The minimum Gasteiger partial charge on any atom is -0.353 e. The minimum atomic E-state index is 0.0206. The predicted molar refractivity (Wildman–Crippen MR) is 52.3 cm³/mol. The maximum absolute atomic E-state index is 11.5. The fourth-order valence-corrected chi connectivity index (χ4v) is 1.82. The molecule has 0 saturated carbocycles. The molecule has 2 unspecified atom stereocenters. The van der Waals surface area contributed by atoms with E-state index in [0.717, 1.165) is 19.5 Å². The number of hydrogen-bond acceptors (Lipinski definition) is 3. The van der Waals surface area contributed by atoms with Crippen LogP contribution in [0.5, 0.6) is 0 Å². The second-order valence-corrected chi connectivity index (χ2v) is 3.54. The van der Waals surface area contributed by atoms with E-state index in [2.05, 4.69) is 17.1 Å². The second-order valence-electron chi connectivity index (χ2n) is 3.54. The first-order valence-corrected chi connectivity index (χ1v) is 4.94. The highest BCUT2D eigenvalue weighted by Crippen LogP contribution is 2.11. The molecule has 1 saturated heterocycles. The van der Waals surface area contributed by atoms with Gasteiger partial charge in [0.1, 0.15) is 0 Å². The van der Waals surface area contributed by atoms with Crippen LogP contribution in [0.2, 0.25) is 0 Å². The van der Waals surface area contributed by atoms with Gasteiger partial charge in [0.15, 0.2) is 0 Å². The van der Waals surface area contributed by atoms with Gasteiger partial charge in [0, 0.05) is 25.7 Å². The SMILES string of the molecule is CCC1C(=O)NCCN1C(C)CN. The number of nitrogens with zero attached hydrogens (tertiary/aromatic N) is 1. The van der Waals surface area contributed by atoms with Crippen molar-refractivity contribution in [2.24, 2.45) is 5.73 Å². The first-order valence-electron chi connectivity index (χ1n) is 4.94. The molecule has 0 bridgehead atoms. The van der Waals surface area contributed by atoms with Crippen molar-refractivity contribution < 1.29 is 4.79 Å². The summed E-state index contributed by atoms with van der Waals surface area (Å²) in [5.74, 6) is 0.147. The Kier molecular flexibility index (Phi) is 3.69. The number of carbonyl (C=O) groups excluding carboxylic acids is 1. The van der Waals surface area contributed by atoms with Crippen LogP contribution in [0.3, 0.4) is 0 Å². The van der Waals surface area contributed by atoms with Crippen LogP contribution in [0, 0.1) is 0 Å². The number of nitrogens with one attached hydrogen (secondary N) is 1.